The van der Waals surface area contributed by atoms with Crippen LogP contribution in [-0.4, -0.2) is 78.6 Å². The van der Waals surface area contributed by atoms with Crippen LogP contribution in [0.2, 0.25) is 0 Å². The molecule has 2 aliphatic heterocycles. The largest absolute Gasteiger partial charge is 0.480 e. The van der Waals surface area contributed by atoms with Crippen LogP contribution in [0, 0.1) is 17.8 Å². The topological polar surface area (TPSA) is 178 Å². The third-order valence-electron chi connectivity index (χ3n) is 4.35. The summed E-state index contributed by atoms with van der Waals surface area (Å²) in [6, 6.07) is -2.11. The lowest BCUT2D eigenvalue weighted by atomic mass is 9.93. The summed E-state index contributed by atoms with van der Waals surface area (Å²) in [5, 5.41) is 34.0. The standard InChI is InChI=1S/C16H17N5O6S2/c17-16-18-8(6-29-16)9(20-27)12(23)19-10-13(24)21-11(15(25)26)7(3-1-2-4-22)5-28-14(10)21/h6-7,10-11,14,22,27H,2,4-5H2,(H2,17,18)(H,19,23)(H,25,26)/b20-9-/t7?,10-,11?,14-/m1/s1. The van der Waals surface area contributed by atoms with Gasteiger partial charge in [-0.25, -0.2) is 9.78 Å². The number of carbonyl (C=O) groups excluding carboxylic acids is 2. The van der Waals surface area contributed by atoms with Crippen molar-refractivity contribution >= 4 is 51.7 Å². The van der Waals surface area contributed by atoms with Gasteiger partial charge in [0.25, 0.3) is 5.91 Å². The average Bonchev–Trinajstić information content (AvgIpc) is 3.12. The lowest BCUT2D eigenvalue weighted by molar-refractivity contribution is -0.163. The minimum atomic E-state index is -1.19. The summed E-state index contributed by atoms with van der Waals surface area (Å²) >= 11 is 2.36. The highest BCUT2D eigenvalue weighted by molar-refractivity contribution is 8.00. The number of nitrogens with zero attached hydrogens (tertiary/aromatic N) is 3. The Kier molecular flexibility index (Phi) is 6.26. The number of β-lactam (4-membered cyclic amide) rings is 1. The van der Waals surface area contributed by atoms with Crippen molar-refractivity contribution in [1.29, 1.82) is 0 Å². The minimum Gasteiger partial charge on any atom is -0.480 e. The summed E-state index contributed by atoms with van der Waals surface area (Å²) in [4.78, 5) is 41.8. The second kappa shape index (κ2) is 8.68. The highest BCUT2D eigenvalue weighted by atomic mass is 32.2. The summed E-state index contributed by atoms with van der Waals surface area (Å²) in [6.45, 7) is -0.136. The molecule has 0 radical (unpaired) electrons. The molecule has 29 heavy (non-hydrogen) atoms. The first kappa shape index (κ1) is 20.9. The van der Waals surface area contributed by atoms with Crippen molar-refractivity contribution in [3.8, 4) is 11.8 Å². The summed E-state index contributed by atoms with van der Waals surface area (Å²) < 4.78 is 0. The van der Waals surface area contributed by atoms with Gasteiger partial charge in [0.2, 0.25) is 5.91 Å². The number of hydrogen-bond acceptors (Lipinski definition) is 10. The number of oxime groups is 1. The molecule has 0 saturated carbocycles. The van der Waals surface area contributed by atoms with E-state index in [0.717, 1.165) is 11.3 Å². The number of nitrogens with one attached hydrogen (secondary N) is 1. The number of fused-ring (bicyclic) bond motifs is 1. The van der Waals surface area contributed by atoms with Gasteiger partial charge in [-0.05, 0) is 0 Å². The molecular weight excluding hydrogens is 422 g/mol. The van der Waals surface area contributed by atoms with Crippen molar-refractivity contribution in [3.05, 3.63) is 11.1 Å². The fourth-order valence-corrected chi connectivity index (χ4v) is 5.06. The molecule has 2 aliphatic rings. The van der Waals surface area contributed by atoms with Gasteiger partial charge < -0.3 is 31.4 Å². The van der Waals surface area contributed by atoms with Gasteiger partial charge in [-0.2, -0.15) is 0 Å². The SMILES string of the molecule is Nc1nc(/C(=N/O)C(=O)N[C@@H]2C(=O)N3C(C(=O)O)C(C#CCCO)CS[C@H]23)cs1. The first-order valence-electron chi connectivity index (χ1n) is 8.39. The number of carboxylic acids is 1. The number of aliphatic hydroxyl groups excluding tert-OH is 1. The number of aliphatic hydroxyl groups is 1. The number of nitrogen functional groups attached to an aromatic ring is 1. The molecule has 6 N–H and O–H groups in total. The minimum absolute atomic E-state index is 0.0649. The van der Waals surface area contributed by atoms with Gasteiger partial charge in [-0.1, -0.05) is 11.1 Å². The Balaban J connectivity index is 1.72. The fraction of sp³-hybridized carbons (Fsp3) is 0.438. The van der Waals surface area contributed by atoms with E-state index in [1.165, 1.54) is 22.0 Å². The third-order valence-corrected chi connectivity index (χ3v) is 6.42. The van der Waals surface area contributed by atoms with Crippen LogP contribution in [-0.2, 0) is 14.4 Å². The van der Waals surface area contributed by atoms with E-state index >= 15 is 0 Å². The highest BCUT2D eigenvalue weighted by Crippen LogP contribution is 2.40. The predicted molar refractivity (Wildman–Crippen MR) is 104 cm³/mol. The second-order valence-corrected chi connectivity index (χ2v) is 8.16. The zero-order valence-corrected chi connectivity index (χ0v) is 16.4. The molecule has 0 spiro atoms. The number of carboxylic acid groups (broad SMARTS) is 1. The molecule has 2 fully saturated rings. The zero-order valence-electron chi connectivity index (χ0n) is 14.8. The number of aromatic nitrogens is 1. The van der Waals surface area contributed by atoms with Crippen LogP contribution in [0.5, 0.6) is 0 Å². The maximum absolute atomic E-state index is 12.6. The molecule has 154 valence electrons. The van der Waals surface area contributed by atoms with Crippen molar-refractivity contribution in [3.63, 3.8) is 0 Å². The van der Waals surface area contributed by atoms with Crippen molar-refractivity contribution in [1.82, 2.24) is 15.2 Å². The molecule has 3 heterocycles. The van der Waals surface area contributed by atoms with Crippen LogP contribution in [0.25, 0.3) is 0 Å². The Morgan fingerprint density at radius 3 is 2.83 bits per heavy atom. The van der Waals surface area contributed by atoms with Gasteiger partial charge in [0.1, 0.15) is 23.2 Å². The smallest absolute Gasteiger partial charge is 0.327 e. The van der Waals surface area contributed by atoms with Gasteiger partial charge in [-0.3, -0.25) is 9.59 Å². The Hall–Kier alpha value is -2.82. The Morgan fingerprint density at radius 1 is 1.48 bits per heavy atom. The summed E-state index contributed by atoms with van der Waals surface area (Å²) in [5.74, 6) is 2.69. The molecule has 2 unspecified atom stereocenters. The lowest BCUT2D eigenvalue weighted by Crippen LogP contribution is -2.76. The molecule has 4 atom stereocenters. The maximum atomic E-state index is 12.6. The van der Waals surface area contributed by atoms with E-state index < -0.39 is 46.9 Å². The van der Waals surface area contributed by atoms with Gasteiger partial charge in [0, 0.05) is 17.6 Å². The van der Waals surface area contributed by atoms with E-state index in [9.17, 15) is 19.5 Å². The molecule has 0 bridgehead atoms. The molecule has 0 aromatic carbocycles. The highest BCUT2D eigenvalue weighted by Gasteiger charge is 2.57. The molecule has 1 aromatic rings. The van der Waals surface area contributed by atoms with Gasteiger partial charge in [-0.15, -0.1) is 29.0 Å². The number of hydrogen-bond donors (Lipinski definition) is 5. The van der Waals surface area contributed by atoms with Crippen molar-refractivity contribution in [2.45, 2.75) is 23.9 Å². The monoisotopic (exact) mass is 439 g/mol. The van der Waals surface area contributed by atoms with Crippen LogP contribution in [0.4, 0.5) is 5.13 Å². The molecule has 1 aromatic heterocycles. The molecule has 2 amide bonds. The average molecular weight is 439 g/mol. The van der Waals surface area contributed by atoms with Gasteiger partial charge >= 0.3 is 5.97 Å². The van der Waals surface area contributed by atoms with Gasteiger partial charge in [0.15, 0.2) is 10.8 Å². The summed E-state index contributed by atoms with van der Waals surface area (Å²) in [7, 11) is 0. The summed E-state index contributed by atoms with van der Waals surface area (Å²) in [5.41, 5.74) is 5.18. The zero-order chi connectivity index (χ0) is 21.1. The molecule has 11 nitrogen and oxygen atoms in total. The van der Waals surface area contributed by atoms with E-state index in [1.807, 2.05) is 0 Å². The fourth-order valence-electron chi connectivity index (χ4n) is 3.07. The van der Waals surface area contributed by atoms with Crippen LogP contribution >= 0.6 is 23.1 Å². The Labute approximate surface area is 173 Å². The van der Waals surface area contributed by atoms with E-state index in [-0.39, 0.29) is 23.9 Å². The Bertz CT molecular complexity index is 922. The lowest BCUT2D eigenvalue weighted by Gasteiger charge is -2.53. The number of aliphatic carboxylic acids is 1. The van der Waals surface area contributed by atoms with Crippen molar-refractivity contribution in [2.75, 3.05) is 18.1 Å². The van der Waals surface area contributed by atoms with Crippen molar-refractivity contribution in [2.24, 2.45) is 11.1 Å². The van der Waals surface area contributed by atoms with Crippen LogP contribution in [0.3, 0.4) is 0 Å². The number of anilines is 1. The number of carbonyl (C=O) groups is 3. The molecular formula is C16H17N5O6S2. The summed E-state index contributed by atoms with van der Waals surface area (Å²) in [6.07, 6.45) is 0.216. The maximum Gasteiger partial charge on any atom is 0.327 e. The van der Waals surface area contributed by atoms with Crippen LogP contribution in [0.1, 0.15) is 12.1 Å². The van der Waals surface area contributed by atoms with Crippen molar-refractivity contribution < 1.29 is 29.8 Å². The van der Waals surface area contributed by atoms with E-state index in [2.05, 4.69) is 27.3 Å². The number of thiazole rings is 1. The third kappa shape index (κ3) is 4.00. The molecule has 0 aliphatic carbocycles. The van der Waals surface area contributed by atoms with Crippen LogP contribution < -0.4 is 11.1 Å². The molecule has 3 rings (SSSR count). The van der Waals surface area contributed by atoms with E-state index in [0.29, 0.717) is 5.75 Å². The van der Waals surface area contributed by atoms with E-state index in [4.69, 9.17) is 16.0 Å². The first-order valence-corrected chi connectivity index (χ1v) is 10.3. The predicted octanol–water partition coefficient (Wildman–Crippen LogP) is -1.24. The van der Waals surface area contributed by atoms with E-state index in [1.54, 1.807) is 0 Å². The first-order chi connectivity index (χ1) is 13.9. The quantitative estimate of drug-likeness (QED) is 0.123. The molecule has 2 saturated heterocycles. The van der Waals surface area contributed by atoms with Gasteiger partial charge in [0.05, 0.1) is 12.5 Å². The van der Waals surface area contributed by atoms with Crippen LogP contribution in [0.15, 0.2) is 10.5 Å². The number of rotatable bonds is 5. The second-order valence-electron chi connectivity index (χ2n) is 6.12. The molecule has 13 heteroatoms. The normalized spacial score (nSPS) is 26.0. The number of thioether (sulfide) groups is 1. The number of nitrogens with two attached hydrogens (primary N) is 1. The Morgan fingerprint density at radius 2 is 2.24 bits per heavy atom. The number of amides is 2.